The van der Waals surface area contributed by atoms with Gasteiger partial charge in [0.05, 0.1) is 13.2 Å². The standard InChI is InChI=1S/C15H11F13O2/c1-30-9-5-3-2-4-7(9)8(29)6-10(16,17)11(18,19)12(20,21)13(22,23)14(24,25)15(26,27)28/h2-5,8,29H,6H2,1H3. The molecular weight excluding hydrogens is 459 g/mol. The highest BCUT2D eigenvalue weighted by Crippen LogP contribution is 2.61. The van der Waals surface area contributed by atoms with Gasteiger partial charge in [0.15, 0.2) is 0 Å². The smallest absolute Gasteiger partial charge is 0.460 e. The third-order valence-electron chi connectivity index (χ3n) is 3.95. The summed E-state index contributed by atoms with van der Waals surface area (Å²) in [4.78, 5) is 0. The maximum atomic E-state index is 13.8. The van der Waals surface area contributed by atoms with E-state index in [9.17, 15) is 62.2 Å². The Bertz CT molecular complexity index is 742. The van der Waals surface area contributed by atoms with Gasteiger partial charge in [0, 0.05) is 12.0 Å². The van der Waals surface area contributed by atoms with Gasteiger partial charge in [0.25, 0.3) is 0 Å². The molecule has 2 nitrogen and oxygen atoms in total. The Hall–Kier alpha value is -1.93. The van der Waals surface area contributed by atoms with E-state index in [1.807, 2.05) is 0 Å². The molecule has 0 aromatic heterocycles. The molecule has 1 aromatic rings. The molecule has 15 heteroatoms. The number of alkyl halides is 13. The molecule has 1 N–H and O–H groups in total. The zero-order valence-corrected chi connectivity index (χ0v) is 14.4. The number of halogens is 13. The van der Waals surface area contributed by atoms with E-state index in [0.29, 0.717) is 0 Å². The van der Waals surface area contributed by atoms with Crippen LogP contribution in [-0.2, 0) is 0 Å². The fraction of sp³-hybridized carbons (Fsp3) is 0.600. The van der Waals surface area contributed by atoms with Crippen LogP contribution in [0.5, 0.6) is 5.75 Å². The molecule has 0 fully saturated rings. The average Bonchev–Trinajstić information content (AvgIpc) is 2.59. The molecule has 1 atom stereocenters. The van der Waals surface area contributed by atoms with Crippen LogP contribution in [0.1, 0.15) is 18.1 Å². The molecule has 174 valence electrons. The predicted molar refractivity (Wildman–Crippen MR) is 73.4 cm³/mol. The first kappa shape index (κ1) is 26.1. The summed E-state index contributed by atoms with van der Waals surface area (Å²) in [7, 11) is 0.923. The summed E-state index contributed by atoms with van der Waals surface area (Å²) in [6.45, 7) is 0. The van der Waals surface area contributed by atoms with Crippen molar-refractivity contribution in [2.75, 3.05) is 7.11 Å². The Morgan fingerprint density at radius 2 is 1.17 bits per heavy atom. The Morgan fingerprint density at radius 3 is 1.60 bits per heavy atom. The quantitative estimate of drug-likeness (QED) is 0.483. The normalized spacial score (nSPS) is 15.8. The maximum Gasteiger partial charge on any atom is 0.460 e. The lowest BCUT2D eigenvalue weighted by molar-refractivity contribution is -0.440. The highest BCUT2D eigenvalue weighted by molar-refractivity contribution is 5.35. The molecule has 0 heterocycles. The van der Waals surface area contributed by atoms with E-state index in [0.717, 1.165) is 25.3 Å². The number of methoxy groups -OCH3 is 1. The van der Waals surface area contributed by atoms with Crippen LogP contribution in [0.15, 0.2) is 24.3 Å². The number of hydrogen-bond donors (Lipinski definition) is 1. The Balaban J connectivity index is 3.38. The van der Waals surface area contributed by atoms with Crippen molar-refractivity contribution in [3.8, 4) is 5.75 Å². The fourth-order valence-corrected chi connectivity index (χ4v) is 2.22. The van der Waals surface area contributed by atoms with Gasteiger partial charge in [0.1, 0.15) is 5.75 Å². The van der Waals surface area contributed by atoms with E-state index >= 15 is 0 Å². The molecule has 1 aromatic carbocycles. The minimum absolute atomic E-state index is 0.426. The first-order valence-electron chi connectivity index (χ1n) is 7.46. The van der Waals surface area contributed by atoms with Crippen molar-refractivity contribution in [1.82, 2.24) is 0 Å². The number of para-hydroxylation sites is 1. The van der Waals surface area contributed by atoms with Crippen molar-refractivity contribution >= 4 is 0 Å². The molecule has 0 aliphatic heterocycles. The van der Waals surface area contributed by atoms with Gasteiger partial charge in [-0.2, -0.15) is 57.1 Å². The number of aliphatic hydroxyl groups is 1. The van der Waals surface area contributed by atoms with Crippen LogP contribution in [0, 0.1) is 0 Å². The molecule has 0 aliphatic rings. The molecular formula is C15H11F13O2. The van der Waals surface area contributed by atoms with Crippen molar-refractivity contribution in [3.63, 3.8) is 0 Å². The average molecular weight is 470 g/mol. The lowest BCUT2D eigenvalue weighted by atomic mass is 9.90. The summed E-state index contributed by atoms with van der Waals surface area (Å²) in [5, 5.41) is 9.64. The number of rotatable bonds is 8. The van der Waals surface area contributed by atoms with E-state index in [2.05, 4.69) is 4.74 Å². The lowest BCUT2D eigenvalue weighted by Crippen LogP contribution is -2.70. The number of ether oxygens (including phenoxy) is 1. The molecule has 1 rings (SSSR count). The second kappa shape index (κ2) is 7.64. The molecule has 0 amide bonds. The number of aliphatic hydroxyl groups excluding tert-OH is 1. The van der Waals surface area contributed by atoms with Crippen molar-refractivity contribution in [1.29, 1.82) is 0 Å². The first-order chi connectivity index (χ1) is 13.2. The van der Waals surface area contributed by atoms with Gasteiger partial charge in [-0.3, -0.25) is 0 Å². The second-order valence-corrected chi connectivity index (χ2v) is 5.96. The predicted octanol–water partition coefficient (Wildman–Crippen LogP) is 5.86. The molecule has 0 bridgehead atoms. The monoisotopic (exact) mass is 470 g/mol. The molecule has 0 saturated heterocycles. The van der Waals surface area contributed by atoms with Crippen molar-refractivity contribution in [2.45, 2.75) is 48.3 Å². The van der Waals surface area contributed by atoms with Gasteiger partial charge in [0.2, 0.25) is 0 Å². The van der Waals surface area contributed by atoms with Crippen LogP contribution in [0.4, 0.5) is 57.1 Å². The topological polar surface area (TPSA) is 29.5 Å². The zero-order chi connectivity index (χ0) is 24.0. The van der Waals surface area contributed by atoms with E-state index in [1.165, 1.54) is 6.07 Å². The van der Waals surface area contributed by atoms with Gasteiger partial charge in [-0.15, -0.1) is 0 Å². The first-order valence-corrected chi connectivity index (χ1v) is 7.46. The molecule has 1 unspecified atom stereocenters. The number of hydrogen-bond acceptors (Lipinski definition) is 2. The Kier molecular flexibility index (Phi) is 6.65. The SMILES string of the molecule is COc1ccccc1C(O)CC(F)(F)C(F)(F)C(F)(F)C(F)(F)C(F)(F)C(F)(F)F. The zero-order valence-electron chi connectivity index (χ0n) is 14.4. The summed E-state index contributed by atoms with van der Waals surface area (Å²) in [5.41, 5.74) is -0.703. The van der Waals surface area contributed by atoms with Gasteiger partial charge in [-0.1, -0.05) is 18.2 Å². The van der Waals surface area contributed by atoms with Crippen molar-refractivity contribution < 1.29 is 66.9 Å². The van der Waals surface area contributed by atoms with Crippen LogP contribution < -0.4 is 4.74 Å². The minimum Gasteiger partial charge on any atom is -0.496 e. The van der Waals surface area contributed by atoms with Crippen LogP contribution in [0.2, 0.25) is 0 Å². The van der Waals surface area contributed by atoms with E-state index in [4.69, 9.17) is 0 Å². The summed E-state index contributed by atoms with van der Waals surface area (Å²) < 4.78 is 174. The lowest BCUT2D eigenvalue weighted by Gasteiger charge is -2.40. The fourth-order valence-electron chi connectivity index (χ4n) is 2.22. The highest BCUT2D eigenvalue weighted by atomic mass is 19.4. The summed E-state index contributed by atoms with van der Waals surface area (Å²) in [6.07, 6.45) is -13.0. The second-order valence-electron chi connectivity index (χ2n) is 5.96. The van der Waals surface area contributed by atoms with Gasteiger partial charge < -0.3 is 9.84 Å². The summed E-state index contributed by atoms with van der Waals surface area (Å²) >= 11 is 0. The highest BCUT2D eigenvalue weighted by Gasteiger charge is 2.90. The van der Waals surface area contributed by atoms with E-state index in [1.54, 1.807) is 0 Å². The van der Waals surface area contributed by atoms with Gasteiger partial charge in [-0.25, -0.2) is 0 Å². The molecule has 0 saturated carbocycles. The van der Waals surface area contributed by atoms with Crippen LogP contribution in [0.25, 0.3) is 0 Å². The van der Waals surface area contributed by atoms with Gasteiger partial charge >= 0.3 is 35.8 Å². The third-order valence-corrected chi connectivity index (χ3v) is 3.95. The van der Waals surface area contributed by atoms with Crippen LogP contribution >= 0.6 is 0 Å². The molecule has 0 aliphatic carbocycles. The third kappa shape index (κ3) is 3.87. The van der Waals surface area contributed by atoms with Crippen molar-refractivity contribution in [3.05, 3.63) is 29.8 Å². The molecule has 0 radical (unpaired) electrons. The summed E-state index contributed by atoms with van der Waals surface area (Å²) in [6, 6.07) is 4.05. The largest absolute Gasteiger partial charge is 0.496 e. The van der Waals surface area contributed by atoms with Crippen molar-refractivity contribution in [2.24, 2.45) is 0 Å². The van der Waals surface area contributed by atoms with Crippen LogP contribution in [0.3, 0.4) is 0 Å². The Morgan fingerprint density at radius 1 is 0.733 bits per heavy atom. The molecule has 30 heavy (non-hydrogen) atoms. The molecule has 0 spiro atoms. The minimum atomic E-state index is -7.97. The van der Waals surface area contributed by atoms with Gasteiger partial charge in [-0.05, 0) is 6.07 Å². The maximum absolute atomic E-state index is 13.8. The Labute approximate surface area is 159 Å². The van der Waals surface area contributed by atoms with E-state index < -0.39 is 59.6 Å². The van der Waals surface area contributed by atoms with Crippen LogP contribution in [-0.4, -0.2) is 48.0 Å². The van der Waals surface area contributed by atoms with E-state index in [-0.39, 0.29) is 0 Å². The number of benzene rings is 1. The summed E-state index contributed by atoms with van der Waals surface area (Å²) in [5.74, 6) is -37.9.